The highest BCUT2D eigenvalue weighted by Crippen LogP contribution is 1.98. The average molecular weight is 158 g/mol. The molecule has 4 nitrogen and oxygen atoms in total. The molecule has 0 atom stereocenters. The Bertz CT molecular complexity index is 155. The van der Waals surface area contributed by atoms with Gasteiger partial charge in [0, 0.05) is 0 Å². The standard InChI is InChI=1S/C7H14N2O2/c1-5-7(9-11-4)6(2)8-10-3/h5,8-9H,2H2,1,3-4H3. The van der Waals surface area contributed by atoms with Crippen LogP contribution in [0.15, 0.2) is 24.0 Å². The molecule has 0 aliphatic heterocycles. The molecule has 0 unspecified atom stereocenters. The van der Waals surface area contributed by atoms with Gasteiger partial charge in [-0.25, -0.2) is 0 Å². The molecular formula is C7H14N2O2. The van der Waals surface area contributed by atoms with E-state index in [1.807, 2.05) is 13.0 Å². The van der Waals surface area contributed by atoms with Crippen molar-refractivity contribution in [2.75, 3.05) is 14.2 Å². The Hall–Kier alpha value is -1.00. The number of hydroxylamine groups is 2. The third-order valence-corrected chi connectivity index (χ3v) is 1.05. The normalized spacial score (nSPS) is 11.0. The number of nitrogens with one attached hydrogen (secondary N) is 2. The Morgan fingerprint density at radius 3 is 2.18 bits per heavy atom. The number of hydrogen-bond donors (Lipinski definition) is 2. The molecule has 0 heterocycles. The van der Waals surface area contributed by atoms with Crippen molar-refractivity contribution in [2.24, 2.45) is 0 Å². The van der Waals surface area contributed by atoms with Gasteiger partial charge in [-0.2, -0.15) is 0 Å². The smallest absolute Gasteiger partial charge is 0.0810 e. The summed E-state index contributed by atoms with van der Waals surface area (Å²) in [4.78, 5) is 9.33. The first-order chi connectivity index (χ1) is 5.26. The van der Waals surface area contributed by atoms with Gasteiger partial charge in [-0.1, -0.05) is 12.7 Å². The molecular weight excluding hydrogens is 144 g/mol. The van der Waals surface area contributed by atoms with Gasteiger partial charge in [0.25, 0.3) is 0 Å². The Morgan fingerprint density at radius 2 is 1.82 bits per heavy atom. The minimum atomic E-state index is 0.622. The molecule has 0 amide bonds. The molecule has 0 bridgehead atoms. The Morgan fingerprint density at radius 1 is 1.27 bits per heavy atom. The third-order valence-electron chi connectivity index (χ3n) is 1.05. The van der Waals surface area contributed by atoms with Gasteiger partial charge in [0.15, 0.2) is 0 Å². The van der Waals surface area contributed by atoms with Crippen molar-refractivity contribution in [1.29, 1.82) is 0 Å². The van der Waals surface area contributed by atoms with E-state index in [0.29, 0.717) is 5.70 Å². The largest absolute Gasteiger partial charge is 0.279 e. The lowest BCUT2D eigenvalue weighted by Crippen LogP contribution is -2.21. The average Bonchev–Trinajstić information content (AvgIpc) is 2.00. The van der Waals surface area contributed by atoms with Crippen LogP contribution in [0.5, 0.6) is 0 Å². The predicted octanol–water partition coefficient (Wildman–Crippen LogP) is 0.706. The molecule has 64 valence electrons. The third kappa shape index (κ3) is 3.64. The van der Waals surface area contributed by atoms with Crippen LogP contribution in [-0.2, 0) is 9.68 Å². The Balaban J connectivity index is 3.94. The first kappa shape index (κ1) is 10.0. The topological polar surface area (TPSA) is 42.5 Å². The molecule has 0 aliphatic rings. The van der Waals surface area contributed by atoms with E-state index < -0.39 is 0 Å². The van der Waals surface area contributed by atoms with E-state index in [-0.39, 0.29) is 0 Å². The molecule has 0 radical (unpaired) electrons. The Labute approximate surface area is 66.8 Å². The van der Waals surface area contributed by atoms with E-state index in [2.05, 4.69) is 27.2 Å². The maximum atomic E-state index is 4.69. The molecule has 0 aromatic rings. The molecule has 0 saturated carbocycles. The number of allylic oxidation sites excluding steroid dienone is 1. The lowest BCUT2D eigenvalue weighted by Gasteiger charge is -2.11. The second kappa shape index (κ2) is 5.76. The molecule has 0 spiro atoms. The summed E-state index contributed by atoms with van der Waals surface area (Å²) in [6.45, 7) is 5.55. The van der Waals surface area contributed by atoms with Crippen LogP contribution in [0.2, 0.25) is 0 Å². The summed E-state index contributed by atoms with van der Waals surface area (Å²) in [5, 5.41) is 0. The van der Waals surface area contributed by atoms with E-state index in [9.17, 15) is 0 Å². The highest BCUT2D eigenvalue weighted by molar-refractivity contribution is 5.21. The molecule has 0 fully saturated rings. The molecule has 4 heteroatoms. The van der Waals surface area contributed by atoms with Crippen LogP contribution in [0.3, 0.4) is 0 Å². The van der Waals surface area contributed by atoms with Gasteiger partial charge in [-0.3, -0.25) is 20.6 Å². The zero-order valence-electron chi connectivity index (χ0n) is 7.10. The second-order valence-electron chi connectivity index (χ2n) is 1.79. The van der Waals surface area contributed by atoms with Crippen molar-refractivity contribution >= 4 is 0 Å². The molecule has 0 saturated heterocycles. The van der Waals surface area contributed by atoms with E-state index in [1.54, 1.807) is 0 Å². The first-order valence-corrected chi connectivity index (χ1v) is 3.19. The maximum absolute atomic E-state index is 4.69. The van der Waals surface area contributed by atoms with Gasteiger partial charge >= 0.3 is 0 Å². The molecule has 11 heavy (non-hydrogen) atoms. The zero-order valence-corrected chi connectivity index (χ0v) is 7.10. The molecule has 2 N–H and O–H groups in total. The van der Waals surface area contributed by atoms with Crippen molar-refractivity contribution < 1.29 is 9.68 Å². The SMILES string of the molecule is C=C(NOC)C(=CC)NOC. The highest BCUT2D eigenvalue weighted by atomic mass is 16.6. The lowest BCUT2D eigenvalue weighted by molar-refractivity contribution is 0.0971. The van der Waals surface area contributed by atoms with E-state index in [0.717, 1.165) is 5.70 Å². The van der Waals surface area contributed by atoms with Crippen LogP contribution >= 0.6 is 0 Å². The molecule has 0 aromatic carbocycles. The summed E-state index contributed by atoms with van der Waals surface area (Å²) < 4.78 is 0. The van der Waals surface area contributed by atoms with Crippen LogP contribution in [0.1, 0.15) is 6.92 Å². The number of hydrogen-bond acceptors (Lipinski definition) is 4. The van der Waals surface area contributed by atoms with Gasteiger partial charge in [0.2, 0.25) is 0 Å². The predicted molar refractivity (Wildman–Crippen MR) is 43.2 cm³/mol. The van der Waals surface area contributed by atoms with Gasteiger partial charge < -0.3 is 0 Å². The highest BCUT2D eigenvalue weighted by Gasteiger charge is 1.98. The van der Waals surface area contributed by atoms with Crippen LogP contribution in [-0.4, -0.2) is 14.2 Å². The van der Waals surface area contributed by atoms with Gasteiger partial charge in [0.1, 0.15) is 0 Å². The monoisotopic (exact) mass is 158 g/mol. The fraction of sp³-hybridized carbons (Fsp3) is 0.429. The van der Waals surface area contributed by atoms with Gasteiger partial charge in [-0.05, 0) is 6.92 Å². The zero-order chi connectivity index (χ0) is 8.69. The summed E-state index contributed by atoms with van der Waals surface area (Å²) in [6.07, 6.45) is 1.82. The molecule has 0 aliphatic carbocycles. The fourth-order valence-electron chi connectivity index (χ4n) is 0.583. The van der Waals surface area contributed by atoms with Crippen LogP contribution in [0.25, 0.3) is 0 Å². The van der Waals surface area contributed by atoms with Gasteiger partial charge in [0.05, 0.1) is 25.6 Å². The van der Waals surface area contributed by atoms with Crippen molar-refractivity contribution in [1.82, 2.24) is 11.0 Å². The van der Waals surface area contributed by atoms with E-state index in [4.69, 9.17) is 0 Å². The second-order valence-corrected chi connectivity index (χ2v) is 1.79. The summed E-state index contributed by atoms with van der Waals surface area (Å²) in [6, 6.07) is 0. The van der Waals surface area contributed by atoms with Crippen molar-refractivity contribution in [3.63, 3.8) is 0 Å². The lowest BCUT2D eigenvalue weighted by atomic mass is 10.3. The van der Waals surface area contributed by atoms with Crippen LogP contribution < -0.4 is 11.0 Å². The minimum Gasteiger partial charge on any atom is -0.279 e. The molecule has 0 rings (SSSR count). The van der Waals surface area contributed by atoms with Crippen LogP contribution in [0.4, 0.5) is 0 Å². The maximum Gasteiger partial charge on any atom is 0.0810 e. The van der Waals surface area contributed by atoms with E-state index in [1.165, 1.54) is 14.2 Å². The van der Waals surface area contributed by atoms with Crippen LogP contribution in [0, 0.1) is 0 Å². The summed E-state index contributed by atoms with van der Waals surface area (Å²) in [5.41, 5.74) is 6.58. The molecule has 0 aromatic heterocycles. The first-order valence-electron chi connectivity index (χ1n) is 3.19. The number of rotatable bonds is 5. The van der Waals surface area contributed by atoms with Crippen molar-refractivity contribution in [3.05, 3.63) is 24.0 Å². The summed E-state index contributed by atoms with van der Waals surface area (Å²) in [7, 11) is 3.05. The van der Waals surface area contributed by atoms with Crippen molar-refractivity contribution in [3.8, 4) is 0 Å². The Kier molecular flexibility index (Phi) is 5.24. The van der Waals surface area contributed by atoms with E-state index >= 15 is 0 Å². The summed E-state index contributed by atoms with van der Waals surface area (Å²) >= 11 is 0. The minimum absolute atomic E-state index is 0.622. The fourth-order valence-corrected chi connectivity index (χ4v) is 0.583. The van der Waals surface area contributed by atoms with Gasteiger partial charge in [-0.15, -0.1) is 0 Å². The quantitative estimate of drug-likeness (QED) is 0.456. The summed E-state index contributed by atoms with van der Waals surface area (Å²) in [5.74, 6) is 0. The van der Waals surface area contributed by atoms with Crippen molar-refractivity contribution in [2.45, 2.75) is 6.92 Å².